The summed E-state index contributed by atoms with van der Waals surface area (Å²) in [4.78, 5) is 23.5. The molecule has 3 aromatic rings. The minimum Gasteiger partial charge on any atom is -0.497 e. The summed E-state index contributed by atoms with van der Waals surface area (Å²) in [5.41, 5.74) is -0.0552. The largest absolute Gasteiger partial charge is 0.497 e. The van der Waals surface area contributed by atoms with Gasteiger partial charge in [0.15, 0.2) is 16.9 Å². The van der Waals surface area contributed by atoms with Crippen LogP contribution in [0, 0.1) is 0 Å². The van der Waals surface area contributed by atoms with Crippen molar-refractivity contribution in [2.24, 2.45) is 0 Å². The molecule has 0 atom stereocenters. The van der Waals surface area contributed by atoms with Gasteiger partial charge in [-0.1, -0.05) is 0 Å². The molecule has 7 heteroatoms. The average Bonchev–Trinajstić information content (AvgIpc) is 2.69. The number of carbonyl (C=O) groups is 1. The summed E-state index contributed by atoms with van der Waals surface area (Å²) in [6.07, 6.45) is 2.29. The van der Waals surface area contributed by atoms with Crippen LogP contribution < -0.4 is 19.6 Å². The number of aliphatic carboxylic acids is 1. The van der Waals surface area contributed by atoms with Gasteiger partial charge in [0.05, 0.1) is 20.8 Å². The SMILES string of the molecule is COc1ccc2c(=O)c3cc(OCCCCCC(=O)O)c(OC)cc3sc2c1. The van der Waals surface area contributed by atoms with Crippen molar-refractivity contribution < 1.29 is 24.1 Å². The van der Waals surface area contributed by atoms with Crippen molar-refractivity contribution in [1.82, 2.24) is 0 Å². The third kappa shape index (κ3) is 4.36. The zero-order valence-electron chi connectivity index (χ0n) is 15.8. The van der Waals surface area contributed by atoms with E-state index in [0.29, 0.717) is 41.0 Å². The first kappa shape index (κ1) is 19.9. The lowest BCUT2D eigenvalue weighted by Gasteiger charge is -2.12. The Bertz CT molecular complexity index is 1060. The number of rotatable bonds is 9. The second kappa shape index (κ2) is 8.93. The van der Waals surface area contributed by atoms with Gasteiger partial charge in [-0.15, -0.1) is 11.3 Å². The van der Waals surface area contributed by atoms with E-state index >= 15 is 0 Å². The number of ether oxygens (including phenoxy) is 3. The fourth-order valence-electron chi connectivity index (χ4n) is 2.98. The maximum atomic E-state index is 12.9. The van der Waals surface area contributed by atoms with Crippen molar-refractivity contribution in [3.05, 3.63) is 40.6 Å². The van der Waals surface area contributed by atoms with E-state index < -0.39 is 5.97 Å². The van der Waals surface area contributed by atoms with Crippen LogP contribution in [0.5, 0.6) is 17.2 Å². The molecule has 0 saturated carbocycles. The molecule has 0 aliphatic rings. The first-order valence-electron chi connectivity index (χ1n) is 9.00. The monoisotopic (exact) mass is 402 g/mol. The van der Waals surface area contributed by atoms with Crippen LogP contribution in [-0.2, 0) is 4.79 Å². The van der Waals surface area contributed by atoms with Crippen molar-refractivity contribution in [2.45, 2.75) is 25.7 Å². The molecule has 0 aliphatic heterocycles. The highest BCUT2D eigenvalue weighted by molar-refractivity contribution is 7.24. The predicted octanol–water partition coefficient (Wildman–Crippen LogP) is 4.46. The molecule has 0 unspecified atom stereocenters. The maximum absolute atomic E-state index is 12.9. The van der Waals surface area contributed by atoms with Crippen molar-refractivity contribution >= 4 is 37.5 Å². The molecule has 6 nitrogen and oxygen atoms in total. The molecule has 0 spiro atoms. The summed E-state index contributed by atoms with van der Waals surface area (Å²) < 4.78 is 18.2. The van der Waals surface area contributed by atoms with Crippen LogP contribution in [0.2, 0.25) is 0 Å². The lowest BCUT2D eigenvalue weighted by atomic mass is 10.1. The van der Waals surface area contributed by atoms with E-state index in [0.717, 1.165) is 22.2 Å². The summed E-state index contributed by atoms with van der Waals surface area (Å²) >= 11 is 1.50. The van der Waals surface area contributed by atoms with E-state index in [-0.39, 0.29) is 11.8 Å². The molecule has 28 heavy (non-hydrogen) atoms. The van der Waals surface area contributed by atoms with Gasteiger partial charge in [-0.2, -0.15) is 0 Å². The van der Waals surface area contributed by atoms with Gasteiger partial charge in [-0.25, -0.2) is 0 Å². The van der Waals surface area contributed by atoms with Crippen LogP contribution in [0.1, 0.15) is 25.7 Å². The number of hydrogen-bond donors (Lipinski definition) is 1. The van der Waals surface area contributed by atoms with Crippen LogP contribution in [-0.4, -0.2) is 31.9 Å². The molecule has 0 bridgehead atoms. The van der Waals surface area contributed by atoms with E-state index in [9.17, 15) is 9.59 Å². The van der Waals surface area contributed by atoms with Crippen molar-refractivity contribution in [3.8, 4) is 17.2 Å². The summed E-state index contributed by atoms with van der Waals surface area (Å²) in [6.45, 7) is 0.434. The molecular formula is C21H22O6S. The lowest BCUT2D eigenvalue weighted by molar-refractivity contribution is -0.137. The third-order valence-corrected chi connectivity index (χ3v) is 5.57. The van der Waals surface area contributed by atoms with Crippen LogP contribution in [0.4, 0.5) is 0 Å². The summed E-state index contributed by atoms with van der Waals surface area (Å²) in [5.74, 6) is 1.00. The topological polar surface area (TPSA) is 82.1 Å². The maximum Gasteiger partial charge on any atom is 0.303 e. The molecule has 2 aromatic carbocycles. The number of fused-ring (bicyclic) bond motifs is 2. The number of carboxylic acid groups (broad SMARTS) is 1. The van der Waals surface area contributed by atoms with E-state index in [1.54, 1.807) is 32.4 Å². The molecule has 1 heterocycles. The van der Waals surface area contributed by atoms with Gasteiger partial charge in [0.2, 0.25) is 0 Å². The molecule has 148 valence electrons. The van der Waals surface area contributed by atoms with E-state index in [1.165, 1.54) is 11.3 Å². The van der Waals surface area contributed by atoms with Gasteiger partial charge in [0, 0.05) is 32.7 Å². The molecule has 0 amide bonds. The standard InChI is InChI=1S/C21H22O6S/c1-25-13-7-8-14-18(10-13)28-19-12-16(26-2)17(11-15(19)21(14)24)27-9-5-3-4-6-20(22)23/h7-8,10-12H,3-6,9H2,1-2H3,(H,22,23). The molecule has 0 aliphatic carbocycles. The highest BCUT2D eigenvalue weighted by atomic mass is 32.1. The molecule has 3 rings (SSSR count). The zero-order chi connectivity index (χ0) is 20.1. The Labute approximate surface area is 166 Å². The molecule has 0 saturated heterocycles. The molecule has 0 fully saturated rings. The van der Waals surface area contributed by atoms with Crippen LogP contribution in [0.15, 0.2) is 35.1 Å². The third-order valence-electron chi connectivity index (χ3n) is 4.46. The fraction of sp³-hybridized carbons (Fsp3) is 0.333. The Hall–Kier alpha value is -2.80. The minimum absolute atomic E-state index is 0.0552. The number of hydrogen-bond acceptors (Lipinski definition) is 6. The first-order chi connectivity index (χ1) is 13.5. The summed E-state index contributed by atoms with van der Waals surface area (Å²) in [6, 6.07) is 8.96. The van der Waals surface area contributed by atoms with Crippen LogP contribution in [0.25, 0.3) is 20.2 Å². The highest BCUT2D eigenvalue weighted by Crippen LogP contribution is 2.36. The van der Waals surface area contributed by atoms with Gasteiger partial charge in [-0.05, 0) is 43.5 Å². The molecule has 0 radical (unpaired) electrons. The lowest BCUT2D eigenvalue weighted by Crippen LogP contribution is -2.04. The Balaban J connectivity index is 1.87. The predicted molar refractivity (Wildman–Crippen MR) is 110 cm³/mol. The average molecular weight is 402 g/mol. The second-order valence-corrected chi connectivity index (χ2v) is 7.43. The first-order valence-corrected chi connectivity index (χ1v) is 9.82. The van der Waals surface area contributed by atoms with Gasteiger partial charge in [0.1, 0.15) is 5.75 Å². The van der Waals surface area contributed by atoms with Crippen LogP contribution in [0.3, 0.4) is 0 Å². The Morgan fingerprint density at radius 1 is 0.964 bits per heavy atom. The summed E-state index contributed by atoms with van der Waals surface area (Å²) in [7, 11) is 3.16. The Kier molecular flexibility index (Phi) is 6.36. The van der Waals surface area contributed by atoms with Crippen molar-refractivity contribution in [2.75, 3.05) is 20.8 Å². The molecule has 1 aromatic heterocycles. The van der Waals surface area contributed by atoms with Crippen molar-refractivity contribution in [3.63, 3.8) is 0 Å². The number of unbranched alkanes of at least 4 members (excludes halogenated alkanes) is 2. The van der Waals surface area contributed by atoms with Gasteiger partial charge in [-0.3, -0.25) is 9.59 Å². The number of carboxylic acids is 1. The van der Waals surface area contributed by atoms with Gasteiger partial charge < -0.3 is 19.3 Å². The fourth-order valence-corrected chi connectivity index (χ4v) is 4.09. The highest BCUT2D eigenvalue weighted by Gasteiger charge is 2.13. The number of benzene rings is 2. The van der Waals surface area contributed by atoms with Crippen molar-refractivity contribution in [1.29, 1.82) is 0 Å². The van der Waals surface area contributed by atoms with E-state index in [1.807, 2.05) is 12.1 Å². The summed E-state index contributed by atoms with van der Waals surface area (Å²) in [5, 5.41) is 9.89. The smallest absolute Gasteiger partial charge is 0.303 e. The van der Waals surface area contributed by atoms with E-state index in [2.05, 4.69) is 0 Å². The Morgan fingerprint density at radius 3 is 2.46 bits per heavy atom. The van der Waals surface area contributed by atoms with Gasteiger partial charge >= 0.3 is 5.97 Å². The zero-order valence-corrected chi connectivity index (χ0v) is 16.6. The quantitative estimate of drug-likeness (QED) is 0.420. The second-order valence-electron chi connectivity index (χ2n) is 6.35. The number of methoxy groups -OCH3 is 2. The minimum atomic E-state index is -0.786. The molecule has 1 N–H and O–H groups in total. The van der Waals surface area contributed by atoms with Crippen LogP contribution >= 0.6 is 11.3 Å². The Morgan fingerprint density at radius 2 is 1.75 bits per heavy atom. The normalized spacial score (nSPS) is 10.9. The molecular weight excluding hydrogens is 380 g/mol. The van der Waals surface area contributed by atoms with E-state index in [4.69, 9.17) is 19.3 Å². The van der Waals surface area contributed by atoms with Gasteiger partial charge in [0.25, 0.3) is 0 Å².